The van der Waals surface area contributed by atoms with E-state index >= 15 is 0 Å². The Labute approximate surface area is 206 Å². The molecule has 2 amide bonds. The number of rotatable bonds is 8. The molecule has 0 aromatic heterocycles. The quantitative estimate of drug-likeness (QED) is 0.503. The predicted molar refractivity (Wildman–Crippen MR) is 133 cm³/mol. The summed E-state index contributed by atoms with van der Waals surface area (Å²) >= 11 is 0. The molecule has 3 unspecified atom stereocenters. The van der Waals surface area contributed by atoms with Crippen LogP contribution in [0.3, 0.4) is 0 Å². The Bertz CT molecular complexity index is 1050. The summed E-state index contributed by atoms with van der Waals surface area (Å²) in [7, 11) is 0. The lowest BCUT2D eigenvalue weighted by molar-refractivity contribution is -0.138. The van der Waals surface area contributed by atoms with Crippen molar-refractivity contribution in [2.75, 3.05) is 6.61 Å². The molecule has 2 aromatic carbocycles. The van der Waals surface area contributed by atoms with Gasteiger partial charge in [0.2, 0.25) is 5.91 Å². The number of aliphatic carboxylic acids is 1. The molecule has 2 aliphatic rings. The Morgan fingerprint density at radius 1 is 1.06 bits per heavy atom. The number of ether oxygens (including phenoxy) is 1. The summed E-state index contributed by atoms with van der Waals surface area (Å²) in [5.74, 6) is -1.63. The number of nitrogens with one attached hydrogen (secondary N) is 2. The third-order valence-electron chi connectivity index (χ3n) is 7.52. The first-order chi connectivity index (χ1) is 16.8. The standard InChI is InChI=1S/C28H34N2O5/c1-3-18(16-25(31)32)29-26(33)24-14-8-9-15-28(24,2)30-27(34)35-17-23-21-12-6-4-10-19(21)20-11-5-7-13-22(20)23/h4-7,10-13,18,23-24H,3,8-9,14-17H2,1-2H3,(H,29,33)(H,30,34)(H,31,32). The summed E-state index contributed by atoms with van der Waals surface area (Å²) in [4.78, 5) is 37.1. The zero-order valence-electron chi connectivity index (χ0n) is 20.4. The maximum Gasteiger partial charge on any atom is 0.407 e. The topological polar surface area (TPSA) is 105 Å². The van der Waals surface area contributed by atoms with Gasteiger partial charge in [-0.15, -0.1) is 0 Å². The molecule has 0 radical (unpaired) electrons. The molecule has 1 saturated carbocycles. The molecule has 2 aliphatic carbocycles. The lowest BCUT2D eigenvalue weighted by atomic mass is 9.73. The number of carboxylic acids is 1. The second-order valence-electron chi connectivity index (χ2n) is 9.88. The SMILES string of the molecule is CCC(CC(=O)O)NC(=O)C1CCCCC1(C)NC(=O)OCC1c2ccccc2-c2ccccc21. The van der Waals surface area contributed by atoms with Crippen molar-refractivity contribution in [2.45, 2.75) is 69.9 Å². The van der Waals surface area contributed by atoms with E-state index in [4.69, 9.17) is 9.84 Å². The van der Waals surface area contributed by atoms with Crippen molar-refractivity contribution >= 4 is 18.0 Å². The van der Waals surface area contributed by atoms with E-state index in [9.17, 15) is 14.4 Å². The van der Waals surface area contributed by atoms with Crippen LogP contribution in [0.15, 0.2) is 48.5 Å². The van der Waals surface area contributed by atoms with E-state index in [0.29, 0.717) is 19.3 Å². The maximum atomic E-state index is 13.1. The summed E-state index contributed by atoms with van der Waals surface area (Å²) in [6, 6.07) is 15.9. The van der Waals surface area contributed by atoms with Crippen molar-refractivity contribution < 1.29 is 24.2 Å². The highest BCUT2D eigenvalue weighted by Gasteiger charge is 2.43. The van der Waals surface area contributed by atoms with Crippen LogP contribution >= 0.6 is 0 Å². The van der Waals surface area contributed by atoms with E-state index in [1.54, 1.807) is 0 Å². The Morgan fingerprint density at radius 2 is 1.69 bits per heavy atom. The summed E-state index contributed by atoms with van der Waals surface area (Å²) in [5, 5.41) is 15.0. The lowest BCUT2D eigenvalue weighted by Crippen LogP contribution is -2.58. The van der Waals surface area contributed by atoms with Crippen molar-refractivity contribution in [3.63, 3.8) is 0 Å². The summed E-state index contributed by atoms with van der Waals surface area (Å²) in [6.07, 6.45) is 2.95. The second kappa shape index (κ2) is 10.5. The van der Waals surface area contributed by atoms with Crippen LogP contribution in [-0.2, 0) is 14.3 Å². The van der Waals surface area contributed by atoms with Crippen LogP contribution in [0, 0.1) is 5.92 Å². The molecule has 186 valence electrons. The molecule has 7 heteroatoms. The minimum Gasteiger partial charge on any atom is -0.481 e. The van der Waals surface area contributed by atoms with Crippen LogP contribution in [0.25, 0.3) is 11.1 Å². The second-order valence-corrected chi connectivity index (χ2v) is 9.88. The smallest absolute Gasteiger partial charge is 0.407 e. The number of hydrogen-bond acceptors (Lipinski definition) is 4. The zero-order chi connectivity index (χ0) is 25.0. The number of carboxylic acid groups (broad SMARTS) is 1. The van der Waals surface area contributed by atoms with Gasteiger partial charge in [0.25, 0.3) is 0 Å². The van der Waals surface area contributed by atoms with E-state index in [1.807, 2.05) is 38.1 Å². The molecular formula is C28H34N2O5. The minimum absolute atomic E-state index is 0.0345. The molecule has 0 spiro atoms. The predicted octanol–water partition coefficient (Wildman–Crippen LogP) is 4.84. The first-order valence-corrected chi connectivity index (χ1v) is 12.5. The molecule has 1 fully saturated rings. The number of alkyl carbamates (subject to hydrolysis) is 1. The van der Waals surface area contributed by atoms with Gasteiger partial charge >= 0.3 is 12.1 Å². The average molecular weight is 479 g/mol. The molecule has 35 heavy (non-hydrogen) atoms. The fourth-order valence-corrected chi connectivity index (χ4v) is 5.58. The number of amides is 2. The summed E-state index contributed by atoms with van der Waals surface area (Å²) in [6.45, 7) is 3.95. The zero-order valence-corrected chi connectivity index (χ0v) is 20.4. The Balaban J connectivity index is 1.42. The number of carbonyl (C=O) groups excluding carboxylic acids is 2. The minimum atomic E-state index is -0.944. The van der Waals surface area contributed by atoms with Gasteiger partial charge in [0.1, 0.15) is 6.61 Å². The van der Waals surface area contributed by atoms with Crippen LogP contribution in [0.4, 0.5) is 4.79 Å². The first kappa shape index (κ1) is 24.8. The maximum absolute atomic E-state index is 13.1. The number of hydrogen-bond donors (Lipinski definition) is 3. The fraction of sp³-hybridized carbons (Fsp3) is 0.464. The first-order valence-electron chi connectivity index (χ1n) is 12.5. The van der Waals surface area contributed by atoms with Crippen LogP contribution in [0.5, 0.6) is 0 Å². The molecule has 7 nitrogen and oxygen atoms in total. The van der Waals surface area contributed by atoms with E-state index in [2.05, 4.69) is 34.9 Å². The van der Waals surface area contributed by atoms with Gasteiger partial charge in [-0.2, -0.15) is 0 Å². The van der Waals surface area contributed by atoms with E-state index in [-0.39, 0.29) is 24.9 Å². The normalized spacial score (nSPS) is 21.9. The van der Waals surface area contributed by atoms with Gasteiger partial charge < -0.3 is 20.5 Å². The largest absolute Gasteiger partial charge is 0.481 e. The lowest BCUT2D eigenvalue weighted by Gasteiger charge is -2.41. The average Bonchev–Trinajstić information content (AvgIpc) is 3.15. The van der Waals surface area contributed by atoms with Gasteiger partial charge in [-0.3, -0.25) is 9.59 Å². The summed E-state index contributed by atoms with van der Waals surface area (Å²) in [5.41, 5.74) is 3.87. The van der Waals surface area contributed by atoms with Gasteiger partial charge in [0.15, 0.2) is 0 Å². The molecule has 3 atom stereocenters. The van der Waals surface area contributed by atoms with Crippen molar-refractivity contribution in [3.05, 3.63) is 59.7 Å². The Morgan fingerprint density at radius 3 is 2.29 bits per heavy atom. The van der Waals surface area contributed by atoms with Crippen LogP contribution in [-0.4, -0.2) is 41.3 Å². The van der Waals surface area contributed by atoms with E-state index < -0.39 is 29.6 Å². The highest BCUT2D eigenvalue weighted by molar-refractivity contribution is 5.82. The molecule has 0 bridgehead atoms. The van der Waals surface area contributed by atoms with Crippen LogP contribution in [0.2, 0.25) is 0 Å². The molecular weight excluding hydrogens is 444 g/mol. The summed E-state index contributed by atoms with van der Waals surface area (Å²) < 4.78 is 5.73. The van der Waals surface area contributed by atoms with Crippen molar-refractivity contribution in [2.24, 2.45) is 5.92 Å². The van der Waals surface area contributed by atoms with Gasteiger partial charge in [-0.25, -0.2) is 4.79 Å². The monoisotopic (exact) mass is 478 g/mol. The van der Waals surface area contributed by atoms with Crippen LogP contribution in [0.1, 0.15) is 69.4 Å². The molecule has 2 aromatic rings. The molecule has 4 rings (SSSR count). The van der Waals surface area contributed by atoms with Crippen molar-refractivity contribution in [3.8, 4) is 11.1 Å². The molecule has 0 aliphatic heterocycles. The van der Waals surface area contributed by atoms with Crippen molar-refractivity contribution in [1.82, 2.24) is 10.6 Å². The van der Waals surface area contributed by atoms with Gasteiger partial charge in [0.05, 0.1) is 17.9 Å². The Kier molecular flexibility index (Phi) is 7.43. The highest BCUT2D eigenvalue weighted by Crippen LogP contribution is 2.44. The fourth-order valence-electron chi connectivity index (χ4n) is 5.58. The molecule has 3 N–H and O–H groups in total. The van der Waals surface area contributed by atoms with Gasteiger partial charge in [-0.1, -0.05) is 68.3 Å². The highest BCUT2D eigenvalue weighted by atomic mass is 16.5. The van der Waals surface area contributed by atoms with Crippen LogP contribution < -0.4 is 10.6 Å². The number of fused-ring (bicyclic) bond motifs is 3. The molecule has 0 heterocycles. The number of carbonyl (C=O) groups is 3. The Hall–Kier alpha value is -3.35. The van der Waals surface area contributed by atoms with E-state index in [0.717, 1.165) is 24.0 Å². The van der Waals surface area contributed by atoms with E-state index in [1.165, 1.54) is 11.1 Å². The van der Waals surface area contributed by atoms with Gasteiger partial charge in [0, 0.05) is 12.0 Å². The molecule has 0 saturated heterocycles. The van der Waals surface area contributed by atoms with Crippen molar-refractivity contribution in [1.29, 1.82) is 0 Å². The number of benzene rings is 2. The van der Waals surface area contributed by atoms with Gasteiger partial charge in [-0.05, 0) is 48.4 Å². The third-order valence-corrected chi connectivity index (χ3v) is 7.52. The third kappa shape index (κ3) is 5.34.